The molecule has 0 aromatic heterocycles. The highest BCUT2D eigenvalue weighted by Crippen LogP contribution is 2.39. The molecule has 0 bridgehead atoms. The summed E-state index contributed by atoms with van der Waals surface area (Å²) in [5, 5.41) is 3.55. The summed E-state index contributed by atoms with van der Waals surface area (Å²) in [4.78, 5) is 15.1. The Kier molecular flexibility index (Phi) is 7.42. The van der Waals surface area contributed by atoms with E-state index in [2.05, 4.69) is 50.0 Å². The number of hydrogen-bond acceptors (Lipinski definition) is 4. The van der Waals surface area contributed by atoms with E-state index >= 15 is 0 Å². The van der Waals surface area contributed by atoms with Crippen LogP contribution in [0, 0.1) is 0 Å². The lowest BCUT2D eigenvalue weighted by molar-refractivity contribution is -0.110. The molecule has 0 unspecified atom stereocenters. The number of carbonyl (C=O) groups excluding carboxylic acids is 1. The Morgan fingerprint density at radius 1 is 1.09 bits per heavy atom. The molecule has 6 heteroatoms. The van der Waals surface area contributed by atoms with Gasteiger partial charge in [-0.2, -0.15) is 0 Å². The second-order valence-corrected chi connectivity index (χ2v) is 9.78. The van der Waals surface area contributed by atoms with Gasteiger partial charge in [-0.25, -0.2) is 0 Å². The van der Waals surface area contributed by atoms with Crippen LogP contribution < -0.4 is 10.1 Å². The molecule has 33 heavy (non-hydrogen) atoms. The van der Waals surface area contributed by atoms with Crippen molar-refractivity contribution in [1.82, 2.24) is 4.90 Å². The molecule has 0 saturated carbocycles. The van der Waals surface area contributed by atoms with Crippen LogP contribution in [0.1, 0.15) is 61.8 Å². The largest absolute Gasteiger partial charge is 0.492 e. The average molecular weight is 469 g/mol. The number of amides is 1. The van der Waals surface area contributed by atoms with E-state index in [4.69, 9.17) is 21.1 Å². The lowest BCUT2D eigenvalue weighted by Crippen LogP contribution is -2.38. The summed E-state index contributed by atoms with van der Waals surface area (Å²) in [6, 6.07) is 9.80. The van der Waals surface area contributed by atoms with Crippen molar-refractivity contribution in [2.45, 2.75) is 39.5 Å². The molecule has 2 aromatic carbocycles. The van der Waals surface area contributed by atoms with Crippen molar-refractivity contribution in [3.63, 3.8) is 0 Å². The average Bonchev–Trinajstić information content (AvgIpc) is 3.09. The van der Waals surface area contributed by atoms with E-state index in [0.29, 0.717) is 29.0 Å². The number of nitrogens with zero attached hydrogens (tertiary/aromatic N) is 1. The molecule has 5 nitrogen and oxygen atoms in total. The van der Waals surface area contributed by atoms with Gasteiger partial charge in [0.05, 0.1) is 13.2 Å². The molecular formula is C27H33ClN2O3. The number of anilines is 1. The third-order valence-corrected chi connectivity index (χ3v) is 6.48. The first-order valence-corrected chi connectivity index (χ1v) is 12.1. The van der Waals surface area contributed by atoms with Crippen molar-refractivity contribution in [1.29, 1.82) is 0 Å². The lowest BCUT2D eigenvalue weighted by atomic mass is 9.90. The molecule has 2 aliphatic rings. The van der Waals surface area contributed by atoms with Crippen LogP contribution in [0.3, 0.4) is 0 Å². The Morgan fingerprint density at radius 3 is 2.39 bits per heavy atom. The second kappa shape index (κ2) is 10.3. The molecule has 1 fully saturated rings. The van der Waals surface area contributed by atoms with Gasteiger partial charge in [-0.1, -0.05) is 39.3 Å². The minimum absolute atomic E-state index is 0.102. The first-order chi connectivity index (χ1) is 15.8. The predicted octanol–water partition coefficient (Wildman–Crippen LogP) is 5.79. The molecule has 1 amide bonds. The smallest absolute Gasteiger partial charge is 0.256 e. The van der Waals surface area contributed by atoms with E-state index in [1.54, 1.807) is 6.07 Å². The number of ether oxygens (including phenoxy) is 2. The summed E-state index contributed by atoms with van der Waals surface area (Å²) in [5.41, 5.74) is 5.61. The van der Waals surface area contributed by atoms with Crippen molar-refractivity contribution in [3.8, 4) is 5.75 Å². The molecule has 2 aromatic rings. The van der Waals surface area contributed by atoms with Gasteiger partial charge in [0.1, 0.15) is 12.4 Å². The van der Waals surface area contributed by atoms with E-state index < -0.39 is 0 Å². The van der Waals surface area contributed by atoms with E-state index in [9.17, 15) is 4.79 Å². The number of nitrogens with one attached hydrogen (secondary N) is 1. The minimum atomic E-state index is -0.102. The van der Waals surface area contributed by atoms with E-state index in [-0.39, 0.29) is 5.91 Å². The van der Waals surface area contributed by atoms with Crippen LogP contribution in [0.4, 0.5) is 5.69 Å². The van der Waals surface area contributed by atoms with Gasteiger partial charge in [0.2, 0.25) is 0 Å². The number of halogens is 1. The fraction of sp³-hybridized carbons (Fsp3) is 0.444. The van der Waals surface area contributed by atoms with Crippen molar-refractivity contribution in [2.75, 3.05) is 44.8 Å². The Hall–Kier alpha value is -2.34. The Bertz CT molecular complexity index is 1030. The van der Waals surface area contributed by atoms with Crippen LogP contribution in [0.5, 0.6) is 5.75 Å². The summed E-state index contributed by atoms with van der Waals surface area (Å²) in [6.45, 7) is 13.8. The highest BCUT2D eigenvalue weighted by molar-refractivity contribution is 6.36. The van der Waals surface area contributed by atoms with Crippen LogP contribution in [0.25, 0.3) is 11.6 Å². The summed E-state index contributed by atoms with van der Waals surface area (Å²) in [5.74, 6) is 1.46. The van der Waals surface area contributed by atoms with Gasteiger partial charge in [0.15, 0.2) is 0 Å². The van der Waals surface area contributed by atoms with Crippen LogP contribution in [0.2, 0.25) is 5.02 Å². The topological polar surface area (TPSA) is 50.8 Å². The highest BCUT2D eigenvalue weighted by Gasteiger charge is 2.25. The van der Waals surface area contributed by atoms with Crippen molar-refractivity contribution in [3.05, 3.63) is 57.6 Å². The predicted molar refractivity (Wildman–Crippen MR) is 135 cm³/mol. The van der Waals surface area contributed by atoms with Gasteiger partial charge < -0.3 is 14.8 Å². The van der Waals surface area contributed by atoms with Crippen molar-refractivity contribution < 1.29 is 14.3 Å². The molecule has 0 aliphatic carbocycles. The Balaban J connectivity index is 1.66. The zero-order valence-corrected chi connectivity index (χ0v) is 20.7. The van der Waals surface area contributed by atoms with Gasteiger partial charge in [0.25, 0.3) is 5.91 Å². The zero-order valence-electron chi connectivity index (χ0n) is 19.9. The molecule has 0 spiro atoms. The monoisotopic (exact) mass is 468 g/mol. The molecule has 1 N–H and O–H groups in total. The maximum atomic E-state index is 12.7. The molecule has 2 heterocycles. The van der Waals surface area contributed by atoms with Gasteiger partial charge in [-0.15, -0.1) is 0 Å². The van der Waals surface area contributed by atoms with Gasteiger partial charge in [-0.3, -0.25) is 9.69 Å². The second-order valence-electron chi connectivity index (χ2n) is 9.34. The van der Waals surface area contributed by atoms with E-state index in [1.807, 2.05) is 18.2 Å². The fourth-order valence-electron chi connectivity index (χ4n) is 4.38. The Labute approximate surface area is 201 Å². The van der Waals surface area contributed by atoms with E-state index in [1.165, 1.54) is 11.1 Å². The number of benzene rings is 2. The highest BCUT2D eigenvalue weighted by atomic mass is 35.5. The van der Waals surface area contributed by atoms with Gasteiger partial charge in [-0.05, 0) is 64.9 Å². The van der Waals surface area contributed by atoms with Crippen LogP contribution in [-0.4, -0.2) is 50.3 Å². The number of morpholine rings is 1. The van der Waals surface area contributed by atoms with E-state index in [0.717, 1.165) is 55.4 Å². The molecule has 4 rings (SSSR count). The number of fused-ring (bicyclic) bond motifs is 1. The Morgan fingerprint density at radius 2 is 1.76 bits per heavy atom. The third-order valence-electron chi connectivity index (χ3n) is 6.25. The number of rotatable bonds is 7. The fourth-order valence-corrected chi connectivity index (χ4v) is 4.55. The van der Waals surface area contributed by atoms with Crippen molar-refractivity contribution >= 4 is 34.8 Å². The summed E-state index contributed by atoms with van der Waals surface area (Å²) in [6.07, 6.45) is 1.97. The normalized spacial score (nSPS) is 17.7. The van der Waals surface area contributed by atoms with Crippen LogP contribution in [0.15, 0.2) is 30.3 Å². The molecular weight excluding hydrogens is 436 g/mol. The summed E-state index contributed by atoms with van der Waals surface area (Å²) < 4.78 is 11.9. The van der Waals surface area contributed by atoms with Gasteiger partial charge in [0, 0.05) is 41.5 Å². The lowest BCUT2D eigenvalue weighted by Gasteiger charge is -2.27. The molecule has 176 valence electrons. The molecule has 0 atom stereocenters. The molecule has 1 saturated heterocycles. The maximum Gasteiger partial charge on any atom is 0.256 e. The van der Waals surface area contributed by atoms with Crippen molar-refractivity contribution in [2.24, 2.45) is 0 Å². The quantitative estimate of drug-likeness (QED) is 0.522. The first-order valence-electron chi connectivity index (χ1n) is 11.8. The zero-order chi connectivity index (χ0) is 23.5. The van der Waals surface area contributed by atoms with Crippen LogP contribution in [-0.2, 0) is 9.53 Å². The number of hydrogen-bond donors (Lipinski definition) is 1. The van der Waals surface area contributed by atoms with Crippen LogP contribution >= 0.6 is 11.6 Å². The molecule has 0 radical (unpaired) electrons. The van der Waals surface area contributed by atoms with Gasteiger partial charge >= 0.3 is 0 Å². The maximum absolute atomic E-state index is 12.7. The SMILES string of the molecule is CC(C)c1cc(/C=C2/C(=O)Nc3ccc(Cl)cc32)cc(C(C)C)c1OCCN1CCOCC1. The minimum Gasteiger partial charge on any atom is -0.492 e. The molecule has 2 aliphatic heterocycles. The summed E-state index contributed by atoms with van der Waals surface area (Å²) >= 11 is 6.21. The third kappa shape index (κ3) is 5.43. The standard InChI is InChI=1S/C27H33ClN2O3/c1-17(2)21-13-19(15-24-23-16-20(28)5-6-25(23)29-27(24)31)14-22(18(3)4)26(21)33-12-9-30-7-10-32-11-8-30/h5-6,13-18H,7-12H2,1-4H3,(H,29,31)/b24-15+. The number of carbonyl (C=O) groups is 1. The first kappa shape index (κ1) is 23.8. The summed E-state index contributed by atoms with van der Waals surface area (Å²) in [7, 11) is 0.